The lowest BCUT2D eigenvalue weighted by Crippen LogP contribution is -2.69. The molecule has 0 saturated carbocycles. The molecule has 5 heteroatoms. The zero-order valence-corrected chi connectivity index (χ0v) is 13.3. The number of fused-ring (bicyclic) bond motifs is 3. The van der Waals surface area contributed by atoms with Crippen molar-refractivity contribution >= 4 is 17.5 Å². The van der Waals surface area contributed by atoms with Gasteiger partial charge in [0.25, 0.3) is 5.91 Å². The van der Waals surface area contributed by atoms with Crippen LogP contribution in [0.5, 0.6) is 0 Å². The van der Waals surface area contributed by atoms with Crippen LogP contribution in [0.4, 0.5) is 0 Å². The third-order valence-electron chi connectivity index (χ3n) is 4.90. The van der Waals surface area contributed by atoms with Gasteiger partial charge in [-0.15, -0.1) is 0 Å². The maximum absolute atomic E-state index is 12.4. The molecular weight excluding hydrogens is 286 g/mol. The fraction of sp³-hybridized carbons (Fsp3) is 0.562. The number of rotatable bonds is 4. The number of amides is 1. The Morgan fingerprint density at radius 1 is 1.24 bits per heavy atom. The van der Waals surface area contributed by atoms with E-state index in [-0.39, 0.29) is 11.9 Å². The summed E-state index contributed by atoms with van der Waals surface area (Å²) in [6.07, 6.45) is 0. The van der Waals surface area contributed by atoms with Gasteiger partial charge in [-0.25, -0.2) is 0 Å². The smallest absolute Gasteiger partial charge is 0.275 e. The summed E-state index contributed by atoms with van der Waals surface area (Å²) < 4.78 is 0.968. The Kier molecular flexibility index (Phi) is 4.20. The second-order valence-electron chi connectivity index (χ2n) is 6.35. The van der Waals surface area contributed by atoms with Crippen LogP contribution < -0.4 is 5.32 Å². The van der Waals surface area contributed by atoms with Crippen LogP contribution in [0.15, 0.2) is 24.3 Å². The number of hydrogen-bond acceptors (Lipinski definition) is 2. The van der Waals surface area contributed by atoms with Gasteiger partial charge >= 0.3 is 0 Å². The fourth-order valence-electron chi connectivity index (χ4n) is 3.40. The third kappa shape index (κ3) is 3.39. The summed E-state index contributed by atoms with van der Waals surface area (Å²) in [7, 11) is 0. The average Bonchev–Trinajstić information content (AvgIpc) is 2.49. The van der Waals surface area contributed by atoms with Gasteiger partial charge < -0.3 is 9.80 Å². The van der Waals surface area contributed by atoms with Gasteiger partial charge in [0.15, 0.2) is 6.54 Å². The summed E-state index contributed by atoms with van der Waals surface area (Å²) in [5.41, 5.74) is 1.09. The summed E-state index contributed by atoms with van der Waals surface area (Å²) in [6.45, 7) is 9.40. The Labute approximate surface area is 131 Å². The van der Waals surface area contributed by atoms with Gasteiger partial charge in [0.1, 0.15) is 0 Å². The van der Waals surface area contributed by atoms with Crippen LogP contribution in [-0.2, 0) is 4.79 Å². The molecule has 2 bridgehead atoms. The number of nitrogens with one attached hydrogen (secondary N) is 1. The molecular formula is C16H23ClN3O+. The summed E-state index contributed by atoms with van der Waals surface area (Å²) in [5.74, 6) is 0.160. The molecule has 3 saturated heterocycles. The number of hydrogen-bond donors (Lipinski definition) is 1. The van der Waals surface area contributed by atoms with Crippen molar-refractivity contribution in [2.24, 2.45) is 0 Å². The quantitative estimate of drug-likeness (QED) is 0.858. The Morgan fingerprint density at radius 3 is 2.38 bits per heavy atom. The van der Waals surface area contributed by atoms with Crippen LogP contribution in [0.2, 0.25) is 5.02 Å². The minimum atomic E-state index is 0.0269. The topological polar surface area (TPSA) is 32.3 Å². The van der Waals surface area contributed by atoms with Gasteiger partial charge in [0, 0.05) is 24.7 Å². The molecule has 0 aromatic heterocycles. The molecule has 1 aromatic carbocycles. The summed E-state index contributed by atoms with van der Waals surface area (Å²) in [4.78, 5) is 14.9. The van der Waals surface area contributed by atoms with Crippen molar-refractivity contribution < 1.29 is 9.28 Å². The SMILES string of the molecule is C[C@@H](NC(=O)C[N+]12CCN(CC1)CC2)c1ccc(Cl)cc1. The first-order valence-electron chi connectivity index (χ1n) is 7.69. The van der Waals surface area contributed by atoms with E-state index < -0.39 is 0 Å². The lowest BCUT2D eigenvalue weighted by molar-refractivity contribution is -0.933. The van der Waals surface area contributed by atoms with Crippen LogP contribution in [0.1, 0.15) is 18.5 Å². The molecule has 1 N–H and O–H groups in total. The van der Waals surface area contributed by atoms with E-state index in [1.54, 1.807) is 0 Å². The van der Waals surface area contributed by atoms with E-state index >= 15 is 0 Å². The van der Waals surface area contributed by atoms with E-state index in [0.717, 1.165) is 54.3 Å². The lowest BCUT2D eigenvalue weighted by atomic mass is 10.1. The van der Waals surface area contributed by atoms with Crippen molar-refractivity contribution in [3.63, 3.8) is 0 Å². The highest BCUT2D eigenvalue weighted by molar-refractivity contribution is 6.30. The molecule has 0 radical (unpaired) electrons. The molecule has 3 aliphatic rings. The predicted octanol–water partition coefficient (Wildman–Crippen LogP) is 1.66. The molecule has 4 rings (SSSR count). The van der Waals surface area contributed by atoms with Crippen LogP contribution in [0.25, 0.3) is 0 Å². The van der Waals surface area contributed by atoms with Gasteiger partial charge in [-0.05, 0) is 24.6 Å². The standard InChI is InChI=1S/C16H22ClN3O/c1-13(14-2-4-15(17)5-3-14)18-16(21)12-20-9-6-19(7-10-20)8-11-20/h2-5,13H,6-12H2,1H3/p+1/t13-/m1/s1. The highest BCUT2D eigenvalue weighted by atomic mass is 35.5. The number of carbonyl (C=O) groups is 1. The average molecular weight is 309 g/mol. The number of carbonyl (C=O) groups excluding carboxylic acids is 1. The van der Waals surface area contributed by atoms with Gasteiger partial charge in [-0.1, -0.05) is 23.7 Å². The molecule has 114 valence electrons. The summed E-state index contributed by atoms with van der Waals surface area (Å²) in [6, 6.07) is 7.70. The maximum Gasteiger partial charge on any atom is 0.275 e. The van der Waals surface area contributed by atoms with Crippen LogP contribution in [0, 0.1) is 0 Å². The Morgan fingerprint density at radius 2 is 1.81 bits per heavy atom. The second kappa shape index (κ2) is 5.95. The van der Waals surface area contributed by atoms with Crippen molar-refractivity contribution in [2.75, 3.05) is 45.8 Å². The summed E-state index contributed by atoms with van der Waals surface area (Å²) >= 11 is 5.90. The fourth-order valence-corrected chi connectivity index (χ4v) is 3.52. The van der Waals surface area contributed by atoms with E-state index in [0.29, 0.717) is 6.54 Å². The number of halogens is 1. The molecule has 1 atom stereocenters. The number of nitrogens with zero attached hydrogens (tertiary/aromatic N) is 2. The van der Waals surface area contributed by atoms with Crippen molar-refractivity contribution in [1.29, 1.82) is 0 Å². The molecule has 0 aliphatic carbocycles. The van der Waals surface area contributed by atoms with Crippen LogP contribution in [0.3, 0.4) is 0 Å². The van der Waals surface area contributed by atoms with Gasteiger partial charge in [0.05, 0.1) is 25.7 Å². The Balaban J connectivity index is 1.57. The first kappa shape index (κ1) is 14.8. The lowest BCUT2D eigenvalue weighted by Gasteiger charge is -2.50. The zero-order chi connectivity index (χ0) is 14.9. The Hall–Kier alpha value is -1.10. The van der Waals surface area contributed by atoms with E-state index in [1.165, 1.54) is 0 Å². The molecule has 1 amide bonds. The molecule has 0 spiro atoms. The van der Waals surface area contributed by atoms with Gasteiger partial charge in [-0.3, -0.25) is 9.69 Å². The van der Waals surface area contributed by atoms with E-state index in [9.17, 15) is 4.79 Å². The Bertz CT molecular complexity index is 495. The zero-order valence-electron chi connectivity index (χ0n) is 12.5. The highest BCUT2D eigenvalue weighted by Gasteiger charge is 2.39. The van der Waals surface area contributed by atoms with Crippen LogP contribution >= 0.6 is 11.6 Å². The van der Waals surface area contributed by atoms with E-state index in [2.05, 4.69) is 10.2 Å². The monoisotopic (exact) mass is 308 g/mol. The van der Waals surface area contributed by atoms with Crippen molar-refractivity contribution in [3.8, 4) is 0 Å². The normalized spacial score (nSPS) is 29.1. The molecule has 0 unspecified atom stereocenters. The minimum absolute atomic E-state index is 0.0269. The maximum atomic E-state index is 12.4. The minimum Gasteiger partial charge on any atom is -0.345 e. The van der Waals surface area contributed by atoms with Crippen molar-refractivity contribution in [2.45, 2.75) is 13.0 Å². The number of benzene rings is 1. The van der Waals surface area contributed by atoms with Crippen LogP contribution in [-0.4, -0.2) is 61.1 Å². The molecule has 3 aliphatic heterocycles. The van der Waals surface area contributed by atoms with Crippen molar-refractivity contribution in [1.82, 2.24) is 10.2 Å². The summed E-state index contributed by atoms with van der Waals surface area (Å²) in [5, 5.41) is 3.85. The number of quaternary nitrogens is 1. The highest BCUT2D eigenvalue weighted by Crippen LogP contribution is 2.20. The van der Waals surface area contributed by atoms with E-state index in [4.69, 9.17) is 11.6 Å². The molecule has 21 heavy (non-hydrogen) atoms. The molecule has 3 heterocycles. The predicted molar refractivity (Wildman–Crippen MR) is 84.2 cm³/mol. The first-order chi connectivity index (χ1) is 10.1. The van der Waals surface area contributed by atoms with Gasteiger partial charge in [-0.2, -0.15) is 0 Å². The molecule has 1 aromatic rings. The first-order valence-corrected chi connectivity index (χ1v) is 8.06. The van der Waals surface area contributed by atoms with Crippen molar-refractivity contribution in [3.05, 3.63) is 34.9 Å². The molecule has 3 fully saturated rings. The largest absolute Gasteiger partial charge is 0.345 e. The van der Waals surface area contributed by atoms with E-state index in [1.807, 2.05) is 31.2 Å². The van der Waals surface area contributed by atoms with Gasteiger partial charge in [0.2, 0.25) is 0 Å². The third-order valence-corrected chi connectivity index (χ3v) is 5.15. The molecule has 4 nitrogen and oxygen atoms in total. The second-order valence-corrected chi connectivity index (χ2v) is 6.79. The number of piperazine rings is 3.